The second-order valence-electron chi connectivity index (χ2n) is 11.9. The number of imide groups is 1. The van der Waals surface area contributed by atoms with Crippen molar-refractivity contribution in [2.75, 3.05) is 13.6 Å². The normalized spacial score (nSPS) is 21.0. The van der Waals surface area contributed by atoms with Gasteiger partial charge in [0.1, 0.15) is 6.04 Å². The zero-order chi connectivity index (χ0) is 30.6. The second-order valence-corrected chi connectivity index (χ2v) is 11.9. The fourth-order valence-electron chi connectivity index (χ4n) is 6.46. The number of carbonyl (C=O) groups excluding carboxylic acids is 3. The number of carbonyl (C=O) groups is 3. The van der Waals surface area contributed by atoms with Crippen LogP contribution in [0, 0.1) is 11.8 Å². The lowest BCUT2D eigenvalue weighted by Crippen LogP contribution is -2.52. The molecule has 2 atom stereocenters. The first-order valence-corrected chi connectivity index (χ1v) is 15.4. The number of hydrogen-bond acceptors (Lipinski definition) is 6. The molecule has 3 aromatic rings. The number of nitrogens with one attached hydrogen (secondary N) is 2. The summed E-state index contributed by atoms with van der Waals surface area (Å²) in [6.07, 6.45) is 11.9. The van der Waals surface area contributed by atoms with Gasteiger partial charge in [0.2, 0.25) is 11.8 Å². The van der Waals surface area contributed by atoms with Crippen molar-refractivity contribution in [2.45, 2.75) is 70.0 Å². The van der Waals surface area contributed by atoms with Crippen LogP contribution in [-0.4, -0.2) is 57.1 Å². The molecule has 3 aliphatic heterocycles. The molecule has 44 heavy (non-hydrogen) atoms. The molecule has 3 aliphatic rings. The van der Waals surface area contributed by atoms with Crippen LogP contribution >= 0.6 is 0 Å². The molecule has 2 unspecified atom stereocenters. The Bertz CT molecular complexity index is 1760. The number of unbranched alkanes of at least 4 members (excludes halogenated alkanes) is 1. The fraction of sp³-hybridized carbons (Fsp3) is 0.371. The van der Waals surface area contributed by atoms with E-state index in [1.54, 1.807) is 17.2 Å². The zero-order valence-corrected chi connectivity index (χ0v) is 25.1. The number of piperidine rings is 1. The Hall–Kier alpha value is -4.68. The van der Waals surface area contributed by atoms with Gasteiger partial charge in [-0.15, -0.1) is 0 Å². The largest absolute Gasteiger partial charge is 0.404 e. The van der Waals surface area contributed by atoms with Crippen LogP contribution in [0.1, 0.15) is 83.0 Å². The first-order valence-electron chi connectivity index (χ1n) is 15.4. The van der Waals surface area contributed by atoms with Crippen molar-refractivity contribution in [2.24, 2.45) is 5.73 Å². The summed E-state index contributed by atoms with van der Waals surface area (Å²) >= 11 is 0. The zero-order valence-electron chi connectivity index (χ0n) is 25.1. The third-order valence-corrected chi connectivity index (χ3v) is 8.93. The van der Waals surface area contributed by atoms with Gasteiger partial charge in [0, 0.05) is 70.9 Å². The molecule has 0 spiro atoms. The van der Waals surface area contributed by atoms with Crippen molar-refractivity contribution in [3.8, 4) is 11.8 Å². The lowest BCUT2D eigenvalue weighted by atomic mass is 10.0. The van der Waals surface area contributed by atoms with Crippen LogP contribution in [0.3, 0.4) is 0 Å². The van der Waals surface area contributed by atoms with Crippen molar-refractivity contribution in [3.05, 3.63) is 86.8 Å². The molecule has 2 saturated heterocycles. The first kappa shape index (κ1) is 29.4. The van der Waals surface area contributed by atoms with Crippen LogP contribution in [0.4, 0.5) is 0 Å². The lowest BCUT2D eigenvalue weighted by Gasteiger charge is -2.29. The highest BCUT2D eigenvalue weighted by atomic mass is 16.2. The standard InChI is InChI=1S/C35H38N6O3/c1-40-18-6-11-31(40)30-19-25(20-36)29(38-30)15-13-23-12-14-26(37-21-23)9-4-2-3-7-24-8-5-10-27-28(24)22-41(35(27)44)32-16-17-33(42)39-34(32)43/h5,8,10,12,14-15,19-21,31-32,38H,2,4,6,9,11,13,16-18,22,36H2,1H3,(H,39,42,43)/b25-20-,29-15+. The molecule has 5 heterocycles. The third kappa shape index (κ3) is 6.17. The molecule has 2 fully saturated rings. The van der Waals surface area contributed by atoms with E-state index in [1.807, 2.05) is 18.3 Å². The average molecular weight is 591 g/mol. The van der Waals surface area contributed by atoms with Crippen LogP contribution in [0.15, 0.2) is 42.6 Å². The molecular formula is C35H38N6O3. The van der Waals surface area contributed by atoms with E-state index in [0.717, 1.165) is 65.2 Å². The number of amides is 3. The Morgan fingerprint density at radius 3 is 2.77 bits per heavy atom. The van der Waals surface area contributed by atoms with Crippen LogP contribution in [0.5, 0.6) is 0 Å². The van der Waals surface area contributed by atoms with Crippen LogP contribution in [0.2, 0.25) is 0 Å². The number of likely N-dealkylation sites (tertiary alicyclic amines) is 1. The molecule has 2 aromatic heterocycles. The van der Waals surface area contributed by atoms with Gasteiger partial charge in [0.05, 0.1) is 0 Å². The summed E-state index contributed by atoms with van der Waals surface area (Å²) in [5.74, 6) is 5.62. The SMILES string of the molecule is CN1CCCC1c1cc(=C/N)/c(=C\Cc2ccc(CCCC#Cc3cccc4c3CN(C3CCC(=O)NC3=O)C4=O)nc2)[nH]1. The highest BCUT2D eigenvalue weighted by molar-refractivity contribution is 6.05. The molecule has 0 saturated carbocycles. The quantitative estimate of drug-likeness (QED) is 0.220. The second kappa shape index (κ2) is 12.9. The Morgan fingerprint density at radius 2 is 2.02 bits per heavy atom. The summed E-state index contributed by atoms with van der Waals surface area (Å²) in [7, 11) is 2.17. The number of aryl methyl sites for hydroxylation is 1. The van der Waals surface area contributed by atoms with E-state index < -0.39 is 11.9 Å². The van der Waals surface area contributed by atoms with Gasteiger partial charge in [0.15, 0.2) is 0 Å². The summed E-state index contributed by atoms with van der Waals surface area (Å²) in [6.45, 7) is 1.45. The van der Waals surface area contributed by atoms with E-state index in [1.165, 1.54) is 12.1 Å². The Labute approximate surface area is 257 Å². The lowest BCUT2D eigenvalue weighted by molar-refractivity contribution is -0.136. The number of nitrogens with zero attached hydrogens (tertiary/aromatic N) is 3. The number of fused-ring (bicyclic) bond motifs is 1. The van der Waals surface area contributed by atoms with E-state index in [4.69, 9.17) is 5.73 Å². The minimum absolute atomic E-state index is 0.182. The molecular weight excluding hydrogens is 552 g/mol. The van der Waals surface area contributed by atoms with Crippen molar-refractivity contribution < 1.29 is 14.4 Å². The summed E-state index contributed by atoms with van der Waals surface area (Å²) in [5.41, 5.74) is 11.6. The Kier molecular flexibility index (Phi) is 8.62. The minimum atomic E-state index is -0.627. The monoisotopic (exact) mass is 590 g/mol. The van der Waals surface area contributed by atoms with Gasteiger partial charge in [-0.2, -0.15) is 0 Å². The van der Waals surface area contributed by atoms with E-state index >= 15 is 0 Å². The summed E-state index contributed by atoms with van der Waals surface area (Å²) in [5, 5.41) is 4.44. The number of aromatic nitrogens is 2. The maximum Gasteiger partial charge on any atom is 0.255 e. The maximum absolute atomic E-state index is 13.0. The van der Waals surface area contributed by atoms with Crippen molar-refractivity contribution in [1.82, 2.24) is 25.1 Å². The van der Waals surface area contributed by atoms with E-state index in [0.29, 0.717) is 31.0 Å². The van der Waals surface area contributed by atoms with Crippen LogP contribution in [0.25, 0.3) is 12.3 Å². The van der Waals surface area contributed by atoms with E-state index in [9.17, 15) is 14.4 Å². The first-order chi connectivity index (χ1) is 21.4. The predicted molar refractivity (Wildman–Crippen MR) is 168 cm³/mol. The number of pyridine rings is 1. The molecule has 0 bridgehead atoms. The predicted octanol–water partition coefficient (Wildman–Crippen LogP) is 2.03. The number of benzene rings is 1. The third-order valence-electron chi connectivity index (χ3n) is 8.93. The molecule has 0 aliphatic carbocycles. The Morgan fingerprint density at radius 1 is 1.14 bits per heavy atom. The highest BCUT2D eigenvalue weighted by Gasteiger charge is 2.39. The van der Waals surface area contributed by atoms with Gasteiger partial charge in [0.25, 0.3) is 5.91 Å². The number of aromatic amines is 1. The van der Waals surface area contributed by atoms with Gasteiger partial charge in [-0.25, -0.2) is 0 Å². The molecule has 9 heteroatoms. The van der Waals surface area contributed by atoms with E-state index in [-0.39, 0.29) is 18.2 Å². The number of H-pyrrole nitrogens is 1. The van der Waals surface area contributed by atoms with E-state index in [2.05, 4.69) is 63.3 Å². The van der Waals surface area contributed by atoms with Crippen molar-refractivity contribution in [3.63, 3.8) is 0 Å². The van der Waals surface area contributed by atoms with Gasteiger partial charge < -0.3 is 15.6 Å². The van der Waals surface area contributed by atoms with Gasteiger partial charge in [-0.1, -0.05) is 30.0 Å². The number of hydrogen-bond donors (Lipinski definition) is 3. The van der Waals surface area contributed by atoms with Gasteiger partial charge in [-0.05, 0) is 87.5 Å². The summed E-state index contributed by atoms with van der Waals surface area (Å²) < 4.78 is 0. The number of rotatable bonds is 7. The molecule has 6 rings (SSSR count). The van der Waals surface area contributed by atoms with Crippen LogP contribution < -0.4 is 21.6 Å². The maximum atomic E-state index is 13.0. The van der Waals surface area contributed by atoms with Crippen molar-refractivity contribution >= 4 is 30.0 Å². The topological polar surface area (TPSA) is 124 Å². The molecule has 1 aromatic carbocycles. The van der Waals surface area contributed by atoms with Gasteiger partial charge in [-0.3, -0.25) is 29.6 Å². The average Bonchev–Trinajstić information content (AvgIpc) is 3.73. The molecule has 4 N–H and O–H groups in total. The van der Waals surface area contributed by atoms with Crippen molar-refractivity contribution in [1.29, 1.82) is 0 Å². The molecule has 226 valence electrons. The molecule has 0 radical (unpaired) electrons. The van der Waals surface area contributed by atoms with Gasteiger partial charge >= 0.3 is 0 Å². The molecule has 9 nitrogen and oxygen atoms in total. The highest BCUT2D eigenvalue weighted by Crippen LogP contribution is 2.30. The summed E-state index contributed by atoms with van der Waals surface area (Å²) in [6, 6.07) is 11.7. The minimum Gasteiger partial charge on any atom is -0.404 e. The Balaban J connectivity index is 1.02. The summed E-state index contributed by atoms with van der Waals surface area (Å²) in [4.78, 5) is 49.1. The fourth-order valence-corrected chi connectivity index (χ4v) is 6.46. The van der Waals surface area contributed by atoms with Crippen LogP contribution in [-0.2, 0) is 29.0 Å². The smallest absolute Gasteiger partial charge is 0.255 e. The molecule has 3 amide bonds. The number of nitrogens with two attached hydrogens (primary N) is 1.